The quantitative estimate of drug-likeness (QED) is 0.610. The van der Waals surface area contributed by atoms with Crippen LogP contribution < -0.4 is 0 Å². The Labute approximate surface area is 116 Å². The molecule has 1 rings (SSSR count). The van der Waals surface area contributed by atoms with Gasteiger partial charge < -0.3 is 9.47 Å². The molecule has 0 aliphatic carbocycles. The molecule has 0 saturated heterocycles. The monoisotopic (exact) mass is 265 g/mol. The Morgan fingerprint density at radius 1 is 1.11 bits per heavy atom. The van der Waals surface area contributed by atoms with Gasteiger partial charge in [0.05, 0.1) is 6.33 Å². The predicted molar refractivity (Wildman–Crippen MR) is 77.9 cm³/mol. The Kier molecular flexibility index (Phi) is 7.94. The summed E-state index contributed by atoms with van der Waals surface area (Å²) in [5.41, 5.74) is 0. The molecular weight excluding hydrogens is 238 g/mol. The topological polar surface area (TPSA) is 38.1 Å². The second-order valence-electron chi connectivity index (χ2n) is 4.88. The van der Waals surface area contributed by atoms with Crippen LogP contribution >= 0.6 is 0 Å². The molecule has 1 heterocycles. The van der Waals surface area contributed by atoms with E-state index in [0.717, 1.165) is 32.5 Å². The molecular formula is C15H27N3O. The van der Waals surface area contributed by atoms with Gasteiger partial charge in [0.15, 0.2) is 0 Å². The third-order valence-corrected chi connectivity index (χ3v) is 3.48. The first-order valence-corrected chi connectivity index (χ1v) is 7.51. The molecule has 0 saturated carbocycles. The largest absolute Gasteiger partial charge is 0.343 e. The number of carbonyl (C=O) groups is 1. The normalized spacial score (nSPS) is 10.6. The molecule has 0 aliphatic heterocycles. The van der Waals surface area contributed by atoms with Crippen molar-refractivity contribution in [3.05, 3.63) is 18.7 Å². The van der Waals surface area contributed by atoms with E-state index < -0.39 is 0 Å². The van der Waals surface area contributed by atoms with Gasteiger partial charge in [-0.3, -0.25) is 4.79 Å². The third-order valence-electron chi connectivity index (χ3n) is 3.48. The Morgan fingerprint density at radius 2 is 1.79 bits per heavy atom. The first-order valence-electron chi connectivity index (χ1n) is 7.51. The maximum Gasteiger partial charge on any atom is 0.222 e. The number of carbonyl (C=O) groups excluding carboxylic acids is 1. The van der Waals surface area contributed by atoms with E-state index in [1.165, 1.54) is 19.3 Å². The first kappa shape index (κ1) is 15.7. The van der Waals surface area contributed by atoms with E-state index in [1.54, 1.807) is 0 Å². The average Bonchev–Trinajstić information content (AvgIpc) is 2.92. The van der Waals surface area contributed by atoms with Gasteiger partial charge in [0, 0.05) is 38.4 Å². The van der Waals surface area contributed by atoms with Crippen LogP contribution in [0.2, 0.25) is 0 Å². The molecule has 4 heteroatoms. The van der Waals surface area contributed by atoms with E-state index in [1.807, 2.05) is 37.5 Å². The Balaban J connectivity index is 1.95. The highest BCUT2D eigenvalue weighted by Gasteiger charge is 2.07. The zero-order chi connectivity index (χ0) is 13.9. The van der Waals surface area contributed by atoms with Crippen LogP contribution in [0.15, 0.2) is 18.7 Å². The molecule has 0 aliphatic rings. The zero-order valence-electron chi connectivity index (χ0n) is 12.3. The van der Waals surface area contributed by atoms with Crippen molar-refractivity contribution in [3.8, 4) is 0 Å². The number of imidazole rings is 1. The van der Waals surface area contributed by atoms with Crippen molar-refractivity contribution in [2.24, 2.45) is 0 Å². The van der Waals surface area contributed by atoms with Gasteiger partial charge in [-0.1, -0.05) is 19.3 Å². The SMILES string of the molecule is CCN(CC)C(=O)CCCCCCCn1ccnc1. The third kappa shape index (κ3) is 6.41. The zero-order valence-corrected chi connectivity index (χ0v) is 12.3. The summed E-state index contributed by atoms with van der Waals surface area (Å²) in [7, 11) is 0. The number of amides is 1. The molecule has 4 nitrogen and oxygen atoms in total. The van der Waals surface area contributed by atoms with Crippen LogP contribution in [0.3, 0.4) is 0 Å². The maximum absolute atomic E-state index is 11.8. The minimum absolute atomic E-state index is 0.309. The summed E-state index contributed by atoms with van der Waals surface area (Å²) in [6.45, 7) is 6.80. The summed E-state index contributed by atoms with van der Waals surface area (Å²) < 4.78 is 2.11. The second-order valence-corrected chi connectivity index (χ2v) is 4.88. The van der Waals surface area contributed by atoms with Gasteiger partial charge >= 0.3 is 0 Å². The van der Waals surface area contributed by atoms with Gasteiger partial charge in [-0.15, -0.1) is 0 Å². The minimum Gasteiger partial charge on any atom is -0.343 e. The molecule has 0 fully saturated rings. The van der Waals surface area contributed by atoms with Crippen molar-refractivity contribution in [2.45, 2.75) is 58.9 Å². The smallest absolute Gasteiger partial charge is 0.222 e. The number of hydrogen-bond donors (Lipinski definition) is 0. The Morgan fingerprint density at radius 3 is 2.42 bits per heavy atom. The van der Waals surface area contributed by atoms with Crippen LogP contribution in [0.5, 0.6) is 0 Å². The van der Waals surface area contributed by atoms with Crippen molar-refractivity contribution in [1.29, 1.82) is 0 Å². The van der Waals surface area contributed by atoms with Crippen LogP contribution in [0.25, 0.3) is 0 Å². The van der Waals surface area contributed by atoms with E-state index in [2.05, 4.69) is 9.55 Å². The number of aromatic nitrogens is 2. The minimum atomic E-state index is 0.309. The van der Waals surface area contributed by atoms with Crippen LogP contribution in [0.4, 0.5) is 0 Å². The summed E-state index contributed by atoms with van der Waals surface area (Å²) in [4.78, 5) is 17.7. The number of aryl methyl sites for hydroxylation is 1. The summed E-state index contributed by atoms with van der Waals surface area (Å²) in [5.74, 6) is 0.309. The van der Waals surface area contributed by atoms with Gasteiger partial charge in [0.25, 0.3) is 0 Å². The van der Waals surface area contributed by atoms with E-state index in [-0.39, 0.29) is 0 Å². The van der Waals surface area contributed by atoms with E-state index in [9.17, 15) is 4.79 Å². The molecule has 108 valence electrons. The lowest BCUT2D eigenvalue weighted by atomic mass is 10.1. The number of unbranched alkanes of at least 4 members (excludes halogenated alkanes) is 4. The van der Waals surface area contributed by atoms with E-state index in [4.69, 9.17) is 0 Å². The van der Waals surface area contributed by atoms with Crippen LogP contribution in [-0.2, 0) is 11.3 Å². The highest BCUT2D eigenvalue weighted by atomic mass is 16.2. The molecule has 1 amide bonds. The van der Waals surface area contributed by atoms with Gasteiger partial charge in [-0.25, -0.2) is 4.98 Å². The highest BCUT2D eigenvalue weighted by molar-refractivity contribution is 5.75. The molecule has 0 N–H and O–H groups in total. The Hall–Kier alpha value is -1.32. The summed E-state index contributed by atoms with van der Waals surface area (Å²) in [5, 5.41) is 0. The lowest BCUT2D eigenvalue weighted by molar-refractivity contribution is -0.130. The Bertz CT molecular complexity index is 331. The average molecular weight is 265 g/mol. The van der Waals surface area contributed by atoms with Crippen molar-refractivity contribution < 1.29 is 4.79 Å². The molecule has 0 bridgehead atoms. The van der Waals surface area contributed by atoms with Gasteiger partial charge in [0.1, 0.15) is 0 Å². The molecule has 1 aromatic heterocycles. The van der Waals surface area contributed by atoms with Crippen molar-refractivity contribution in [2.75, 3.05) is 13.1 Å². The lowest BCUT2D eigenvalue weighted by Gasteiger charge is -2.18. The van der Waals surface area contributed by atoms with Crippen molar-refractivity contribution >= 4 is 5.91 Å². The fourth-order valence-corrected chi connectivity index (χ4v) is 2.25. The molecule has 0 atom stereocenters. The van der Waals surface area contributed by atoms with Crippen LogP contribution in [0, 0.1) is 0 Å². The van der Waals surface area contributed by atoms with Crippen molar-refractivity contribution in [3.63, 3.8) is 0 Å². The summed E-state index contributed by atoms with van der Waals surface area (Å²) >= 11 is 0. The van der Waals surface area contributed by atoms with Gasteiger partial charge in [-0.05, 0) is 26.7 Å². The molecule has 19 heavy (non-hydrogen) atoms. The van der Waals surface area contributed by atoms with E-state index >= 15 is 0 Å². The highest BCUT2D eigenvalue weighted by Crippen LogP contribution is 2.08. The van der Waals surface area contributed by atoms with Gasteiger partial charge in [-0.2, -0.15) is 0 Å². The number of rotatable bonds is 10. The lowest BCUT2D eigenvalue weighted by Crippen LogP contribution is -2.30. The standard InChI is InChI=1S/C15H27N3O/c1-3-18(4-2)15(19)10-8-6-5-7-9-12-17-13-11-16-14-17/h11,13-14H,3-10,12H2,1-2H3. The fraction of sp³-hybridized carbons (Fsp3) is 0.733. The van der Waals surface area contributed by atoms with Gasteiger partial charge in [0.2, 0.25) is 5.91 Å². The van der Waals surface area contributed by atoms with E-state index in [0.29, 0.717) is 12.3 Å². The van der Waals surface area contributed by atoms with Crippen LogP contribution in [0.1, 0.15) is 52.4 Å². The van der Waals surface area contributed by atoms with Crippen LogP contribution in [-0.4, -0.2) is 33.4 Å². The molecule has 0 spiro atoms. The molecule has 1 aromatic rings. The second kappa shape index (κ2) is 9.59. The number of hydrogen-bond acceptors (Lipinski definition) is 2. The first-order chi connectivity index (χ1) is 9.27. The van der Waals surface area contributed by atoms with Crippen molar-refractivity contribution in [1.82, 2.24) is 14.5 Å². The molecule has 0 aromatic carbocycles. The summed E-state index contributed by atoms with van der Waals surface area (Å²) in [6.07, 6.45) is 12.2. The predicted octanol–water partition coefficient (Wildman–Crippen LogP) is 3.09. The number of nitrogens with zero attached hydrogens (tertiary/aromatic N) is 3. The maximum atomic E-state index is 11.8. The fourth-order valence-electron chi connectivity index (χ4n) is 2.25. The molecule has 0 unspecified atom stereocenters. The molecule has 0 radical (unpaired) electrons. The summed E-state index contributed by atoms with van der Waals surface area (Å²) in [6, 6.07) is 0.